The summed E-state index contributed by atoms with van der Waals surface area (Å²) < 4.78 is 7.63. The molecule has 2 aromatic carbocycles. The number of ether oxygens (including phenoxy) is 1. The van der Waals surface area contributed by atoms with Gasteiger partial charge >= 0.3 is 0 Å². The summed E-state index contributed by atoms with van der Waals surface area (Å²) in [5.41, 5.74) is 2.90. The van der Waals surface area contributed by atoms with Crippen molar-refractivity contribution in [3.8, 4) is 5.75 Å². The Hall–Kier alpha value is -3.15. The molecule has 144 valence electrons. The van der Waals surface area contributed by atoms with Crippen molar-refractivity contribution in [1.82, 2.24) is 15.0 Å². The predicted octanol–water partition coefficient (Wildman–Crippen LogP) is 4.75. The Morgan fingerprint density at radius 2 is 2.04 bits per heavy atom. The van der Waals surface area contributed by atoms with Crippen LogP contribution in [0, 0.1) is 0 Å². The van der Waals surface area contributed by atoms with E-state index < -0.39 is 0 Å². The second kappa shape index (κ2) is 8.25. The monoisotopic (exact) mass is 376 g/mol. The minimum absolute atomic E-state index is 0.205. The largest absolute Gasteiger partial charge is 0.487 e. The molecule has 1 aromatic heterocycles. The van der Waals surface area contributed by atoms with E-state index in [1.165, 1.54) is 19.3 Å². The molecule has 0 spiro atoms. The molecule has 28 heavy (non-hydrogen) atoms. The van der Waals surface area contributed by atoms with Gasteiger partial charge in [0.2, 0.25) is 0 Å². The van der Waals surface area contributed by atoms with Crippen molar-refractivity contribution >= 4 is 22.6 Å². The number of aromatic nitrogens is 3. The summed E-state index contributed by atoms with van der Waals surface area (Å²) in [7, 11) is 0. The van der Waals surface area contributed by atoms with E-state index >= 15 is 0 Å². The number of para-hydroxylation sites is 2. The molecule has 1 aliphatic carbocycles. The van der Waals surface area contributed by atoms with Crippen molar-refractivity contribution in [3.63, 3.8) is 0 Å². The number of carbonyl (C=O) groups excluding carboxylic acids is 1. The molecule has 1 fully saturated rings. The highest BCUT2D eigenvalue weighted by Crippen LogP contribution is 2.30. The van der Waals surface area contributed by atoms with Gasteiger partial charge in [0, 0.05) is 5.56 Å². The van der Waals surface area contributed by atoms with Crippen LogP contribution in [-0.2, 0) is 0 Å². The van der Waals surface area contributed by atoms with Gasteiger partial charge in [-0.15, -0.1) is 5.10 Å². The quantitative estimate of drug-likeness (QED) is 0.630. The van der Waals surface area contributed by atoms with Crippen molar-refractivity contribution in [2.45, 2.75) is 38.1 Å². The van der Waals surface area contributed by atoms with E-state index in [-0.39, 0.29) is 5.91 Å². The Kier molecular flexibility index (Phi) is 5.37. The minimum Gasteiger partial charge on any atom is -0.487 e. The summed E-state index contributed by atoms with van der Waals surface area (Å²) in [6, 6.07) is 13.3. The third kappa shape index (κ3) is 3.76. The first kappa shape index (κ1) is 18.2. The highest BCUT2D eigenvalue weighted by Gasteiger charge is 2.19. The second-order valence-corrected chi connectivity index (χ2v) is 7.08. The van der Waals surface area contributed by atoms with Crippen LogP contribution in [0.3, 0.4) is 0 Å². The Morgan fingerprint density at radius 3 is 2.86 bits per heavy atom. The molecule has 3 aromatic rings. The van der Waals surface area contributed by atoms with Gasteiger partial charge in [-0.3, -0.25) is 4.79 Å². The highest BCUT2D eigenvalue weighted by molar-refractivity contribution is 6.06. The summed E-state index contributed by atoms with van der Waals surface area (Å²) in [6.45, 7) is 4.03. The van der Waals surface area contributed by atoms with Crippen LogP contribution in [0.5, 0.6) is 5.75 Å². The molecule has 6 heteroatoms. The molecule has 1 heterocycles. The summed E-state index contributed by atoms with van der Waals surface area (Å²) in [5.74, 6) is 0.406. The maximum absolute atomic E-state index is 12.8. The molecule has 0 radical (unpaired) electrons. The summed E-state index contributed by atoms with van der Waals surface area (Å²) in [4.78, 5) is 12.8. The third-order valence-electron chi connectivity index (χ3n) is 5.15. The van der Waals surface area contributed by atoms with Crippen LogP contribution in [0.2, 0.25) is 0 Å². The number of benzene rings is 2. The number of anilines is 1. The van der Waals surface area contributed by atoms with Gasteiger partial charge in [-0.1, -0.05) is 49.3 Å². The standard InChI is InChI=1S/C22H24N4O2/c1-2-14-28-21-11-7-6-10-18(21)23-22(27)16-12-13-20-19(15-16)24-25-26(20)17-8-4-3-5-9-17/h2,6-7,10-13,15,17H,1,3-5,8-9,14H2,(H,23,27). The van der Waals surface area contributed by atoms with Crippen molar-refractivity contribution in [2.24, 2.45) is 0 Å². The Balaban J connectivity index is 1.54. The van der Waals surface area contributed by atoms with Gasteiger partial charge in [-0.25, -0.2) is 4.68 Å². The normalized spacial score (nSPS) is 14.7. The molecule has 0 bridgehead atoms. The minimum atomic E-state index is -0.205. The van der Waals surface area contributed by atoms with Crippen LogP contribution in [0.15, 0.2) is 55.1 Å². The average molecular weight is 376 g/mol. The molecular weight excluding hydrogens is 352 g/mol. The maximum Gasteiger partial charge on any atom is 0.255 e. The van der Waals surface area contributed by atoms with Crippen molar-refractivity contribution < 1.29 is 9.53 Å². The van der Waals surface area contributed by atoms with E-state index in [1.54, 1.807) is 12.1 Å². The topological polar surface area (TPSA) is 69.0 Å². The number of amides is 1. The van der Waals surface area contributed by atoms with Crippen LogP contribution in [0.25, 0.3) is 11.0 Å². The van der Waals surface area contributed by atoms with E-state index in [4.69, 9.17) is 4.74 Å². The van der Waals surface area contributed by atoms with Gasteiger partial charge in [0.15, 0.2) is 0 Å². The van der Waals surface area contributed by atoms with Crippen molar-refractivity contribution in [1.29, 1.82) is 0 Å². The molecule has 1 aliphatic rings. The fourth-order valence-electron chi connectivity index (χ4n) is 3.72. The summed E-state index contributed by atoms with van der Waals surface area (Å²) in [6.07, 6.45) is 7.72. The smallest absolute Gasteiger partial charge is 0.255 e. The zero-order chi connectivity index (χ0) is 19.3. The van der Waals surface area contributed by atoms with E-state index in [1.807, 2.05) is 41.1 Å². The number of nitrogens with zero attached hydrogens (tertiary/aromatic N) is 3. The molecular formula is C22H24N4O2. The Bertz CT molecular complexity index is 989. The predicted molar refractivity (Wildman–Crippen MR) is 110 cm³/mol. The van der Waals surface area contributed by atoms with Crippen LogP contribution in [0.4, 0.5) is 5.69 Å². The second-order valence-electron chi connectivity index (χ2n) is 7.08. The van der Waals surface area contributed by atoms with Gasteiger partial charge in [-0.2, -0.15) is 0 Å². The molecule has 1 saturated carbocycles. The number of carbonyl (C=O) groups is 1. The number of hydrogen-bond acceptors (Lipinski definition) is 4. The Morgan fingerprint density at radius 1 is 1.21 bits per heavy atom. The van der Waals surface area contributed by atoms with Gasteiger partial charge in [0.05, 0.1) is 17.2 Å². The van der Waals surface area contributed by atoms with Crippen LogP contribution < -0.4 is 10.1 Å². The molecule has 0 saturated heterocycles. The lowest BCUT2D eigenvalue weighted by atomic mass is 9.95. The first-order chi connectivity index (χ1) is 13.8. The zero-order valence-corrected chi connectivity index (χ0v) is 15.8. The fraction of sp³-hybridized carbons (Fsp3) is 0.318. The fourth-order valence-corrected chi connectivity index (χ4v) is 3.72. The molecule has 1 N–H and O–H groups in total. The van der Waals surface area contributed by atoms with E-state index in [2.05, 4.69) is 22.2 Å². The van der Waals surface area contributed by atoms with Crippen molar-refractivity contribution in [2.75, 3.05) is 11.9 Å². The SMILES string of the molecule is C=CCOc1ccccc1NC(=O)c1ccc2c(c1)nnn2C1CCCCC1. The highest BCUT2D eigenvalue weighted by atomic mass is 16.5. The van der Waals surface area contributed by atoms with Crippen LogP contribution in [0.1, 0.15) is 48.5 Å². The van der Waals surface area contributed by atoms with E-state index in [9.17, 15) is 4.79 Å². The molecule has 4 rings (SSSR count). The van der Waals surface area contributed by atoms with Crippen molar-refractivity contribution in [3.05, 3.63) is 60.7 Å². The van der Waals surface area contributed by atoms with Crippen LogP contribution in [-0.4, -0.2) is 27.5 Å². The van der Waals surface area contributed by atoms with Crippen LogP contribution >= 0.6 is 0 Å². The van der Waals surface area contributed by atoms with Gasteiger partial charge in [-0.05, 0) is 43.2 Å². The third-order valence-corrected chi connectivity index (χ3v) is 5.15. The molecule has 1 amide bonds. The molecule has 6 nitrogen and oxygen atoms in total. The van der Waals surface area contributed by atoms with E-state index in [0.29, 0.717) is 29.6 Å². The number of rotatable bonds is 6. The van der Waals surface area contributed by atoms with Gasteiger partial charge in [0.1, 0.15) is 17.9 Å². The maximum atomic E-state index is 12.8. The van der Waals surface area contributed by atoms with E-state index in [0.717, 1.165) is 23.9 Å². The van der Waals surface area contributed by atoms with Gasteiger partial charge in [0.25, 0.3) is 5.91 Å². The lowest BCUT2D eigenvalue weighted by Crippen LogP contribution is -2.14. The Labute approximate surface area is 164 Å². The first-order valence-electron chi connectivity index (χ1n) is 9.75. The number of nitrogens with one attached hydrogen (secondary N) is 1. The molecule has 0 unspecified atom stereocenters. The average Bonchev–Trinajstić information content (AvgIpc) is 3.17. The van der Waals surface area contributed by atoms with Gasteiger partial charge < -0.3 is 10.1 Å². The lowest BCUT2D eigenvalue weighted by molar-refractivity contribution is 0.102. The lowest BCUT2D eigenvalue weighted by Gasteiger charge is -2.21. The summed E-state index contributed by atoms with van der Waals surface area (Å²) in [5, 5.41) is 11.6. The summed E-state index contributed by atoms with van der Waals surface area (Å²) >= 11 is 0. The first-order valence-corrected chi connectivity index (χ1v) is 9.75. The molecule has 0 atom stereocenters. The molecule has 0 aliphatic heterocycles. The number of fused-ring (bicyclic) bond motifs is 1. The number of hydrogen-bond donors (Lipinski definition) is 1. The zero-order valence-electron chi connectivity index (χ0n) is 15.8.